The zero-order chi connectivity index (χ0) is 30.5. The van der Waals surface area contributed by atoms with E-state index in [0.717, 1.165) is 18.4 Å². The van der Waals surface area contributed by atoms with Crippen LogP contribution in [0.15, 0.2) is 42.6 Å². The fourth-order valence-corrected chi connectivity index (χ4v) is 5.12. The number of aromatic nitrogens is 3. The lowest BCUT2D eigenvalue weighted by Crippen LogP contribution is -2.28. The number of nitrogens with zero attached hydrogens (tertiary/aromatic N) is 3. The van der Waals surface area contributed by atoms with E-state index in [0.29, 0.717) is 41.4 Å². The molecule has 3 rings (SSSR count). The Labute approximate surface area is 257 Å². The summed E-state index contributed by atoms with van der Waals surface area (Å²) in [6.07, 6.45) is 23.1. The van der Waals surface area contributed by atoms with Crippen molar-refractivity contribution in [3.8, 4) is 17.0 Å². The average molecular weight is 590 g/mol. The van der Waals surface area contributed by atoms with Gasteiger partial charge in [-0.3, -0.25) is 15.1 Å². The van der Waals surface area contributed by atoms with Gasteiger partial charge in [0, 0.05) is 18.5 Å². The normalized spacial score (nSPS) is 11.0. The molecule has 8 heteroatoms. The molecule has 2 N–H and O–H groups in total. The van der Waals surface area contributed by atoms with Crippen molar-refractivity contribution in [2.24, 2.45) is 0 Å². The number of nitrogens with one attached hydrogen (secondary N) is 2. The Morgan fingerprint density at radius 2 is 1.28 bits per heavy atom. The van der Waals surface area contributed by atoms with Gasteiger partial charge in [-0.05, 0) is 49.7 Å². The molecule has 0 aliphatic heterocycles. The lowest BCUT2D eigenvalue weighted by atomic mass is 10.0. The lowest BCUT2D eigenvalue weighted by molar-refractivity contribution is -0.134. The molecule has 0 aliphatic carbocycles. The number of amides is 2. The van der Waals surface area contributed by atoms with Gasteiger partial charge in [0.15, 0.2) is 5.65 Å². The van der Waals surface area contributed by atoms with Crippen LogP contribution in [0.5, 0.6) is 5.75 Å². The number of urea groups is 1. The monoisotopic (exact) mass is 589 g/mol. The number of carbonyl (C=O) groups excluding carboxylic acids is 2. The largest absolute Gasteiger partial charge is 0.427 e. The van der Waals surface area contributed by atoms with Gasteiger partial charge < -0.3 is 10.1 Å². The van der Waals surface area contributed by atoms with Gasteiger partial charge in [0.1, 0.15) is 17.1 Å². The highest BCUT2D eigenvalue weighted by molar-refractivity contribution is 5.89. The third kappa shape index (κ3) is 13.5. The van der Waals surface area contributed by atoms with Crippen LogP contribution in [0.1, 0.15) is 123 Å². The van der Waals surface area contributed by atoms with E-state index >= 15 is 0 Å². The zero-order valence-electron chi connectivity index (χ0n) is 26.3. The molecule has 0 radical (unpaired) electrons. The summed E-state index contributed by atoms with van der Waals surface area (Å²) >= 11 is 0. The number of hydrogen-bond donors (Lipinski definition) is 2. The third-order valence-corrected chi connectivity index (χ3v) is 7.60. The van der Waals surface area contributed by atoms with Crippen LogP contribution in [0.2, 0.25) is 0 Å². The maximum Gasteiger partial charge on any atom is 0.320 e. The molecular formula is C35H51N5O3. The van der Waals surface area contributed by atoms with E-state index in [2.05, 4.69) is 32.5 Å². The van der Waals surface area contributed by atoms with Crippen LogP contribution >= 0.6 is 0 Å². The van der Waals surface area contributed by atoms with Crippen LogP contribution < -0.4 is 15.4 Å². The number of rotatable bonds is 21. The molecule has 0 aliphatic rings. The highest BCUT2D eigenvalue weighted by Crippen LogP contribution is 2.23. The minimum absolute atomic E-state index is 0.194. The third-order valence-electron chi connectivity index (χ3n) is 7.60. The number of esters is 1. The molecule has 1 aromatic carbocycles. The molecule has 0 bridgehead atoms. The summed E-state index contributed by atoms with van der Waals surface area (Å²) in [4.78, 5) is 37.6. The quantitative estimate of drug-likeness (QED) is 0.0728. The van der Waals surface area contributed by atoms with Gasteiger partial charge in [0.2, 0.25) is 0 Å². The number of fused-ring (bicyclic) bond motifs is 1. The Kier molecular flexibility index (Phi) is 16.1. The molecule has 0 saturated heterocycles. The highest BCUT2D eigenvalue weighted by atomic mass is 16.5. The van der Waals surface area contributed by atoms with E-state index in [1.807, 2.05) is 19.1 Å². The molecule has 0 fully saturated rings. The molecule has 0 spiro atoms. The number of anilines is 1. The van der Waals surface area contributed by atoms with Crippen molar-refractivity contribution in [1.29, 1.82) is 0 Å². The molecule has 2 heterocycles. The van der Waals surface area contributed by atoms with Gasteiger partial charge in [-0.2, -0.15) is 0 Å². The second-order valence-electron chi connectivity index (χ2n) is 11.3. The van der Waals surface area contributed by atoms with E-state index in [9.17, 15) is 9.59 Å². The van der Waals surface area contributed by atoms with Crippen LogP contribution in [0.4, 0.5) is 10.6 Å². The first kappa shape index (κ1) is 33.9. The first-order valence-corrected chi connectivity index (χ1v) is 16.6. The Balaban J connectivity index is 1.27. The average Bonchev–Trinajstić information content (AvgIpc) is 3.01. The van der Waals surface area contributed by atoms with Crippen molar-refractivity contribution in [3.05, 3.63) is 42.6 Å². The van der Waals surface area contributed by atoms with E-state index in [4.69, 9.17) is 4.74 Å². The van der Waals surface area contributed by atoms with Gasteiger partial charge in [0.05, 0.1) is 11.9 Å². The molecule has 2 amide bonds. The van der Waals surface area contributed by atoms with Crippen molar-refractivity contribution in [3.63, 3.8) is 0 Å². The molecule has 0 atom stereocenters. The number of carbonyl (C=O) groups is 2. The fourth-order valence-electron chi connectivity index (χ4n) is 5.12. The van der Waals surface area contributed by atoms with Crippen molar-refractivity contribution >= 4 is 29.0 Å². The topological polar surface area (TPSA) is 106 Å². The zero-order valence-corrected chi connectivity index (χ0v) is 26.3. The molecule has 0 unspecified atom stereocenters. The standard InChI is InChI=1S/C35H51N5O3/c1-3-5-6-7-8-9-10-11-12-13-14-15-16-17-18-19-20-33(41)43-29-23-21-28(22-24-29)31-27-37-30-25-26-32(39-34(30)38-31)40-35(42)36-4-2/h21-27H,3-20H2,1-2H3,(H2,36,38,39,40,42). The van der Waals surface area contributed by atoms with Crippen LogP contribution in [-0.2, 0) is 4.79 Å². The summed E-state index contributed by atoms with van der Waals surface area (Å²) < 4.78 is 5.54. The van der Waals surface area contributed by atoms with Crippen LogP contribution in [-0.4, -0.2) is 33.5 Å². The first-order valence-electron chi connectivity index (χ1n) is 16.6. The highest BCUT2D eigenvalue weighted by Gasteiger charge is 2.09. The summed E-state index contributed by atoms with van der Waals surface area (Å²) in [7, 11) is 0. The van der Waals surface area contributed by atoms with Crippen molar-refractivity contribution < 1.29 is 14.3 Å². The first-order chi connectivity index (χ1) is 21.1. The fraction of sp³-hybridized carbons (Fsp3) is 0.571. The van der Waals surface area contributed by atoms with Crippen LogP contribution in [0.3, 0.4) is 0 Å². The minimum atomic E-state index is -0.321. The summed E-state index contributed by atoms with van der Waals surface area (Å²) in [5.41, 5.74) is 2.53. The number of pyridine rings is 1. The minimum Gasteiger partial charge on any atom is -0.427 e. The second-order valence-corrected chi connectivity index (χ2v) is 11.3. The van der Waals surface area contributed by atoms with Crippen molar-refractivity contribution in [2.75, 3.05) is 11.9 Å². The second kappa shape index (κ2) is 20.4. The van der Waals surface area contributed by atoms with E-state index in [1.165, 1.54) is 89.9 Å². The Morgan fingerprint density at radius 3 is 1.86 bits per heavy atom. The van der Waals surface area contributed by atoms with E-state index < -0.39 is 0 Å². The Hall–Kier alpha value is -3.55. The van der Waals surface area contributed by atoms with Crippen molar-refractivity contribution in [1.82, 2.24) is 20.3 Å². The summed E-state index contributed by atoms with van der Waals surface area (Å²) in [5.74, 6) is 0.724. The van der Waals surface area contributed by atoms with Gasteiger partial charge in [-0.15, -0.1) is 0 Å². The lowest BCUT2D eigenvalue weighted by Gasteiger charge is -2.08. The van der Waals surface area contributed by atoms with E-state index in [-0.39, 0.29) is 12.0 Å². The maximum absolute atomic E-state index is 12.3. The molecule has 234 valence electrons. The molecule has 8 nitrogen and oxygen atoms in total. The summed E-state index contributed by atoms with van der Waals surface area (Å²) in [6.45, 7) is 4.64. The molecular weight excluding hydrogens is 538 g/mol. The van der Waals surface area contributed by atoms with Crippen LogP contribution in [0, 0.1) is 0 Å². The van der Waals surface area contributed by atoms with Gasteiger partial charge in [-0.25, -0.2) is 14.8 Å². The molecule has 3 aromatic rings. The predicted octanol–water partition coefficient (Wildman–Crippen LogP) is 9.39. The Bertz CT molecular complexity index is 1230. The number of unbranched alkanes of at least 4 members (excludes halogenated alkanes) is 15. The van der Waals surface area contributed by atoms with E-state index in [1.54, 1.807) is 30.5 Å². The van der Waals surface area contributed by atoms with Crippen molar-refractivity contribution in [2.45, 2.75) is 123 Å². The number of hydrogen-bond acceptors (Lipinski definition) is 6. The summed E-state index contributed by atoms with van der Waals surface area (Å²) in [5, 5.41) is 5.36. The molecule has 2 aromatic heterocycles. The molecule has 43 heavy (non-hydrogen) atoms. The SMILES string of the molecule is CCCCCCCCCCCCCCCCCCC(=O)Oc1ccc(-c2cnc3ccc(NC(=O)NCC)nc3n2)cc1. The van der Waals surface area contributed by atoms with Gasteiger partial charge in [0.25, 0.3) is 0 Å². The maximum atomic E-state index is 12.3. The predicted molar refractivity (Wildman–Crippen MR) is 175 cm³/mol. The Morgan fingerprint density at radius 1 is 0.698 bits per heavy atom. The molecule has 0 saturated carbocycles. The number of benzene rings is 1. The van der Waals surface area contributed by atoms with Gasteiger partial charge in [-0.1, -0.05) is 103 Å². The smallest absolute Gasteiger partial charge is 0.320 e. The number of ether oxygens (including phenoxy) is 1. The van der Waals surface area contributed by atoms with Crippen LogP contribution in [0.25, 0.3) is 22.4 Å². The summed E-state index contributed by atoms with van der Waals surface area (Å²) in [6, 6.07) is 10.4. The van der Waals surface area contributed by atoms with Gasteiger partial charge >= 0.3 is 12.0 Å².